The zero-order valence-corrected chi connectivity index (χ0v) is 10.0. The topological polar surface area (TPSA) is 35.2 Å². The molecule has 0 aliphatic heterocycles. The van der Waals surface area contributed by atoms with E-state index < -0.39 is 0 Å². The Balaban J connectivity index is 2.27. The summed E-state index contributed by atoms with van der Waals surface area (Å²) in [6.45, 7) is 2.36. The monoisotopic (exact) mass is 219 g/mol. The molecule has 0 heterocycles. The van der Waals surface area contributed by atoms with E-state index in [9.17, 15) is 0 Å². The summed E-state index contributed by atoms with van der Waals surface area (Å²) in [5, 5.41) is 0. The van der Waals surface area contributed by atoms with Gasteiger partial charge >= 0.3 is 0 Å². The predicted octanol–water partition coefficient (Wildman–Crippen LogP) is 3.34. The highest BCUT2D eigenvalue weighted by molar-refractivity contribution is 5.43. The number of nitrogens with two attached hydrogens (primary N) is 1. The SMILES string of the molecule is Cc1cccc(C2CCCCC2)c1OCN. The van der Waals surface area contributed by atoms with Gasteiger partial charge in [-0.2, -0.15) is 0 Å². The molecule has 0 amide bonds. The van der Waals surface area contributed by atoms with E-state index in [4.69, 9.17) is 10.5 Å². The second-order valence-electron chi connectivity index (χ2n) is 4.64. The average Bonchev–Trinajstić information content (AvgIpc) is 2.33. The molecule has 1 fully saturated rings. The lowest BCUT2D eigenvalue weighted by Crippen LogP contribution is -2.12. The summed E-state index contributed by atoms with van der Waals surface area (Å²) in [6.07, 6.45) is 6.67. The lowest BCUT2D eigenvalue weighted by Gasteiger charge is -2.24. The first-order valence-corrected chi connectivity index (χ1v) is 6.25. The van der Waals surface area contributed by atoms with E-state index in [1.165, 1.54) is 43.2 Å². The van der Waals surface area contributed by atoms with Crippen LogP contribution in [-0.2, 0) is 0 Å². The van der Waals surface area contributed by atoms with Gasteiger partial charge in [0.15, 0.2) is 0 Å². The smallest absolute Gasteiger partial charge is 0.137 e. The van der Waals surface area contributed by atoms with Gasteiger partial charge in [-0.15, -0.1) is 0 Å². The highest BCUT2D eigenvalue weighted by Crippen LogP contribution is 2.38. The van der Waals surface area contributed by atoms with Crippen LogP contribution in [0.15, 0.2) is 18.2 Å². The highest BCUT2D eigenvalue weighted by atomic mass is 16.5. The van der Waals surface area contributed by atoms with Gasteiger partial charge in [0.1, 0.15) is 12.5 Å². The first-order valence-electron chi connectivity index (χ1n) is 6.25. The van der Waals surface area contributed by atoms with Crippen molar-refractivity contribution in [2.45, 2.75) is 44.9 Å². The molecular formula is C14H21NO. The molecule has 88 valence electrons. The van der Waals surface area contributed by atoms with Gasteiger partial charge in [0, 0.05) is 0 Å². The summed E-state index contributed by atoms with van der Waals surface area (Å²) in [5.41, 5.74) is 8.07. The normalized spacial score (nSPS) is 17.4. The second-order valence-corrected chi connectivity index (χ2v) is 4.64. The van der Waals surface area contributed by atoms with E-state index in [2.05, 4.69) is 25.1 Å². The Kier molecular flexibility index (Phi) is 3.83. The molecule has 0 radical (unpaired) electrons. The maximum Gasteiger partial charge on any atom is 0.137 e. The Bertz CT molecular complexity index is 343. The molecule has 0 aromatic heterocycles. The maximum atomic E-state index is 5.60. The van der Waals surface area contributed by atoms with E-state index in [0.29, 0.717) is 5.92 Å². The van der Waals surface area contributed by atoms with Crippen LogP contribution in [0.4, 0.5) is 0 Å². The van der Waals surface area contributed by atoms with Gasteiger partial charge in [-0.25, -0.2) is 0 Å². The first-order chi connectivity index (χ1) is 7.83. The molecule has 0 unspecified atom stereocenters. The molecule has 1 aliphatic carbocycles. The van der Waals surface area contributed by atoms with Crippen molar-refractivity contribution in [1.82, 2.24) is 0 Å². The van der Waals surface area contributed by atoms with E-state index in [0.717, 1.165) is 5.75 Å². The summed E-state index contributed by atoms with van der Waals surface area (Å²) in [6, 6.07) is 6.42. The second kappa shape index (κ2) is 5.35. The van der Waals surface area contributed by atoms with Crippen molar-refractivity contribution in [3.8, 4) is 5.75 Å². The van der Waals surface area contributed by atoms with Crippen molar-refractivity contribution >= 4 is 0 Å². The molecule has 16 heavy (non-hydrogen) atoms. The zero-order valence-electron chi connectivity index (χ0n) is 10.0. The largest absolute Gasteiger partial charge is 0.478 e. The van der Waals surface area contributed by atoms with Crippen LogP contribution in [0.3, 0.4) is 0 Å². The van der Waals surface area contributed by atoms with Crippen molar-refractivity contribution in [2.24, 2.45) is 5.73 Å². The first kappa shape index (κ1) is 11.5. The van der Waals surface area contributed by atoms with Crippen molar-refractivity contribution in [3.63, 3.8) is 0 Å². The number of hydrogen-bond donors (Lipinski definition) is 1. The fourth-order valence-electron chi connectivity index (χ4n) is 2.69. The Labute approximate surface area is 97.8 Å². The number of aryl methyl sites for hydroxylation is 1. The minimum Gasteiger partial charge on any atom is -0.478 e. The summed E-state index contributed by atoms with van der Waals surface area (Å²) < 4.78 is 5.60. The average molecular weight is 219 g/mol. The predicted molar refractivity (Wildman–Crippen MR) is 66.7 cm³/mol. The third kappa shape index (κ3) is 2.38. The molecule has 1 aromatic rings. The van der Waals surface area contributed by atoms with Crippen LogP contribution in [0, 0.1) is 6.92 Å². The van der Waals surface area contributed by atoms with Gasteiger partial charge in [0.2, 0.25) is 0 Å². The van der Waals surface area contributed by atoms with Gasteiger partial charge < -0.3 is 4.74 Å². The third-order valence-electron chi connectivity index (χ3n) is 3.52. The molecule has 2 N–H and O–H groups in total. The highest BCUT2D eigenvalue weighted by Gasteiger charge is 2.19. The van der Waals surface area contributed by atoms with Gasteiger partial charge in [-0.05, 0) is 36.8 Å². The Morgan fingerprint density at radius 1 is 1.25 bits per heavy atom. The molecule has 1 saturated carbocycles. The summed E-state index contributed by atoms with van der Waals surface area (Å²) in [7, 11) is 0. The van der Waals surface area contributed by atoms with Crippen molar-refractivity contribution in [2.75, 3.05) is 6.73 Å². The number of ether oxygens (including phenoxy) is 1. The number of rotatable bonds is 3. The minimum absolute atomic E-state index is 0.268. The summed E-state index contributed by atoms with van der Waals surface area (Å²) in [4.78, 5) is 0. The van der Waals surface area contributed by atoms with E-state index in [1.807, 2.05) is 0 Å². The lowest BCUT2D eigenvalue weighted by atomic mass is 9.83. The number of benzene rings is 1. The van der Waals surface area contributed by atoms with E-state index >= 15 is 0 Å². The fourth-order valence-corrected chi connectivity index (χ4v) is 2.69. The quantitative estimate of drug-likeness (QED) is 0.791. The standard InChI is InChI=1S/C14H21NO/c1-11-6-5-9-13(14(11)16-10-15)12-7-3-2-4-8-12/h5-6,9,12H,2-4,7-8,10,15H2,1H3. The third-order valence-corrected chi connectivity index (χ3v) is 3.52. The summed E-state index contributed by atoms with van der Waals surface area (Å²) >= 11 is 0. The Morgan fingerprint density at radius 3 is 2.69 bits per heavy atom. The molecule has 1 aromatic carbocycles. The van der Waals surface area contributed by atoms with Crippen LogP contribution in [0.2, 0.25) is 0 Å². The Morgan fingerprint density at radius 2 is 2.00 bits per heavy atom. The van der Waals surface area contributed by atoms with Crippen LogP contribution in [0.1, 0.15) is 49.1 Å². The molecular weight excluding hydrogens is 198 g/mol. The Hall–Kier alpha value is -1.02. The van der Waals surface area contributed by atoms with Crippen molar-refractivity contribution < 1.29 is 4.74 Å². The zero-order chi connectivity index (χ0) is 11.4. The molecule has 2 rings (SSSR count). The van der Waals surface area contributed by atoms with Crippen LogP contribution < -0.4 is 10.5 Å². The van der Waals surface area contributed by atoms with Crippen LogP contribution in [-0.4, -0.2) is 6.73 Å². The molecule has 1 aliphatic rings. The fraction of sp³-hybridized carbons (Fsp3) is 0.571. The van der Waals surface area contributed by atoms with Crippen LogP contribution in [0.25, 0.3) is 0 Å². The molecule has 0 spiro atoms. The van der Waals surface area contributed by atoms with E-state index in [-0.39, 0.29) is 6.73 Å². The van der Waals surface area contributed by atoms with E-state index in [1.54, 1.807) is 0 Å². The van der Waals surface area contributed by atoms with Crippen LogP contribution >= 0.6 is 0 Å². The molecule has 0 saturated heterocycles. The van der Waals surface area contributed by atoms with Gasteiger partial charge in [0.25, 0.3) is 0 Å². The number of hydrogen-bond acceptors (Lipinski definition) is 2. The summed E-state index contributed by atoms with van der Waals surface area (Å²) in [5.74, 6) is 1.70. The van der Waals surface area contributed by atoms with Crippen molar-refractivity contribution in [3.05, 3.63) is 29.3 Å². The van der Waals surface area contributed by atoms with Gasteiger partial charge in [-0.3, -0.25) is 5.73 Å². The maximum absolute atomic E-state index is 5.60. The number of para-hydroxylation sites is 1. The van der Waals surface area contributed by atoms with Crippen LogP contribution in [0.5, 0.6) is 5.75 Å². The molecule has 0 bridgehead atoms. The molecule has 2 heteroatoms. The lowest BCUT2D eigenvalue weighted by molar-refractivity contribution is 0.316. The van der Waals surface area contributed by atoms with Crippen molar-refractivity contribution in [1.29, 1.82) is 0 Å². The molecule has 0 atom stereocenters. The van der Waals surface area contributed by atoms with Gasteiger partial charge in [0.05, 0.1) is 0 Å². The minimum atomic E-state index is 0.268. The molecule has 2 nitrogen and oxygen atoms in total. The van der Waals surface area contributed by atoms with Gasteiger partial charge in [-0.1, -0.05) is 37.5 Å².